The van der Waals surface area contributed by atoms with Crippen LogP contribution >= 0.6 is 11.3 Å². The molecule has 5 aliphatic rings. The number of anilines is 3. The monoisotopic (exact) mass is 841 g/mol. The number of carbonyl (C=O) groups is 1. The Kier molecular flexibility index (Phi) is 10.7. The first-order valence-electron chi connectivity index (χ1n) is 22.2. The van der Waals surface area contributed by atoms with Gasteiger partial charge in [-0.25, -0.2) is 4.79 Å². The van der Waals surface area contributed by atoms with Crippen molar-refractivity contribution in [1.82, 2.24) is 4.90 Å². The summed E-state index contributed by atoms with van der Waals surface area (Å²) in [6.45, 7) is 14.3. The van der Waals surface area contributed by atoms with Gasteiger partial charge in [0.15, 0.2) is 0 Å². The summed E-state index contributed by atoms with van der Waals surface area (Å²) in [4.78, 5) is 27.4. The fourth-order valence-corrected chi connectivity index (χ4v) is 11.8. The van der Waals surface area contributed by atoms with Gasteiger partial charge in [-0.2, -0.15) is 0 Å². The summed E-state index contributed by atoms with van der Waals surface area (Å²) in [5, 5.41) is 27.6. The summed E-state index contributed by atoms with van der Waals surface area (Å²) in [7, 11) is 0. The van der Waals surface area contributed by atoms with Crippen LogP contribution in [0, 0.1) is 42.4 Å². The van der Waals surface area contributed by atoms with E-state index < -0.39 is 5.97 Å². The number of nitrogens with zero attached hydrogens (tertiary/aromatic N) is 5. The molecule has 4 aliphatic heterocycles. The van der Waals surface area contributed by atoms with E-state index in [1.165, 1.54) is 70.1 Å². The van der Waals surface area contributed by atoms with Gasteiger partial charge in [-0.15, -0.1) is 11.3 Å². The van der Waals surface area contributed by atoms with Crippen molar-refractivity contribution in [1.29, 1.82) is 10.8 Å². The molecule has 1 aliphatic carbocycles. The second-order valence-electron chi connectivity index (χ2n) is 18.2. The van der Waals surface area contributed by atoms with Crippen molar-refractivity contribution in [2.45, 2.75) is 46.5 Å². The molecule has 62 heavy (non-hydrogen) atoms. The van der Waals surface area contributed by atoms with E-state index in [1.54, 1.807) is 29.2 Å². The molecule has 5 heterocycles. The summed E-state index contributed by atoms with van der Waals surface area (Å²) in [6, 6.07) is 34.3. The number of carboxylic acid groups (broad SMARTS) is 1. The predicted molar refractivity (Wildman–Crippen MR) is 255 cm³/mol. The summed E-state index contributed by atoms with van der Waals surface area (Å²) >= 11 is 1.65. The fourth-order valence-electron chi connectivity index (χ4n) is 10.5. The predicted octanol–water partition coefficient (Wildman–Crippen LogP) is 9.88. The maximum atomic E-state index is 11.8. The number of nitrogens with one attached hydrogen (secondary N) is 2. The Balaban J connectivity index is 0.705. The zero-order valence-electron chi connectivity index (χ0n) is 36.0. The molecule has 10 heteroatoms. The molecule has 3 saturated heterocycles. The highest BCUT2D eigenvalue weighted by Crippen LogP contribution is 2.42. The summed E-state index contributed by atoms with van der Waals surface area (Å²) < 4.78 is 0. The molecule has 0 atom stereocenters. The molecule has 0 bridgehead atoms. The van der Waals surface area contributed by atoms with E-state index in [4.69, 9.17) is 15.8 Å². The van der Waals surface area contributed by atoms with Crippen LogP contribution in [0.1, 0.15) is 80.4 Å². The molecule has 9 nitrogen and oxygen atoms in total. The van der Waals surface area contributed by atoms with Crippen LogP contribution in [-0.4, -0.2) is 85.7 Å². The molecule has 0 saturated carbocycles. The number of hydrogen-bond acceptors (Lipinski definition) is 8. The second-order valence-corrected chi connectivity index (χ2v) is 19.4. The first-order valence-corrected chi connectivity index (χ1v) is 23.1. The lowest BCUT2D eigenvalue weighted by Crippen LogP contribution is -2.57. The van der Waals surface area contributed by atoms with E-state index in [2.05, 4.69) is 107 Å². The largest absolute Gasteiger partial charge is 0.478 e. The van der Waals surface area contributed by atoms with Crippen LogP contribution in [0.5, 0.6) is 0 Å². The Labute approximate surface area is 369 Å². The first-order chi connectivity index (χ1) is 30.1. The number of benzene rings is 4. The highest BCUT2D eigenvalue weighted by Gasteiger charge is 2.37. The van der Waals surface area contributed by atoms with Gasteiger partial charge in [0.05, 0.1) is 17.8 Å². The van der Waals surface area contributed by atoms with Crippen LogP contribution in [0.4, 0.5) is 16.4 Å². The Hall–Kier alpha value is -5.84. The van der Waals surface area contributed by atoms with Crippen molar-refractivity contribution < 1.29 is 9.90 Å². The van der Waals surface area contributed by atoms with Crippen molar-refractivity contribution >= 4 is 62.2 Å². The number of aryl methyl sites for hydroxylation is 2. The van der Waals surface area contributed by atoms with Gasteiger partial charge < -0.3 is 19.8 Å². The summed E-state index contributed by atoms with van der Waals surface area (Å²) in [5.74, 6) is 2.08. The summed E-state index contributed by atoms with van der Waals surface area (Å²) in [5.41, 5.74) is 14.4. The van der Waals surface area contributed by atoms with Crippen molar-refractivity contribution in [2.24, 2.45) is 22.7 Å². The third-order valence-electron chi connectivity index (χ3n) is 13.9. The Morgan fingerprint density at radius 1 is 0.790 bits per heavy atom. The minimum absolute atomic E-state index is 0.265. The van der Waals surface area contributed by atoms with E-state index in [9.17, 15) is 9.90 Å². The number of thiophene rings is 1. The third-order valence-corrected chi connectivity index (χ3v) is 15.1. The topological polar surface area (TPSA) is 110 Å². The number of allylic oxidation sites excluding steroid dienone is 1. The second kappa shape index (κ2) is 16.5. The molecular weight excluding hydrogens is 787 g/mol. The summed E-state index contributed by atoms with van der Waals surface area (Å²) in [6.07, 6.45) is 4.12. The lowest BCUT2D eigenvalue weighted by molar-refractivity contribution is 0.0570. The fraction of sp³-hybridized carbons (Fsp3) is 0.346. The Morgan fingerprint density at radius 3 is 2.10 bits per heavy atom. The zero-order valence-corrected chi connectivity index (χ0v) is 36.8. The van der Waals surface area contributed by atoms with Gasteiger partial charge in [-0.05, 0) is 134 Å². The van der Waals surface area contributed by atoms with Gasteiger partial charge >= 0.3 is 5.97 Å². The number of carboxylic acids is 1. The van der Waals surface area contributed by atoms with Crippen LogP contribution in [0.15, 0.2) is 102 Å². The average molecular weight is 842 g/mol. The van der Waals surface area contributed by atoms with Gasteiger partial charge in [0.2, 0.25) is 0 Å². The van der Waals surface area contributed by atoms with Gasteiger partial charge in [0, 0.05) is 79.1 Å². The Bertz CT molecular complexity index is 2610. The van der Waals surface area contributed by atoms with E-state index in [0.717, 1.165) is 90.2 Å². The lowest BCUT2D eigenvalue weighted by atomic mass is 9.83. The van der Waals surface area contributed by atoms with E-state index in [1.807, 2.05) is 12.1 Å². The smallest absolute Gasteiger partial charge is 0.335 e. The van der Waals surface area contributed by atoms with E-state index in [0.29, 0.717) is 23.2 Å². The molecule has 3 fully saturated rings. The number of rotatable bonds is 10. The molecular formula is C52H55N7O2S. The highest BCUT2D eigenvalue weighted by atomic mass is 32.1. The van der Waals surface area contributed by atoms with Crippen LogP contribution in [0.3, 0.4) is 0 Å². The zero-order chi connectivity index (χ0) is 42.6. The van der Waals surface area contributed by atoms with Crippen LogP contribution in [-0.2, 0) is 6.42 Å². The standard InChI is InChI=1S/C52H55N7O2S/c1-32-33(2)62-51-48(32)50(55-24-47(54)59(51)34(3)53)40-14-19-44(20-15-40)57-28-36(29-57)22-35-25-56(26-35)27-37-30-58(31-37)43-17-12-39(13-18-43)49-45(38-8-5-4-6-9-38)11-7-10-41-23-42(52(60)61)16-21-46(41)49/h4-6,8-9,12-21,23,35-37,53-54H,7,10-11,22,24-31H2,1-3H3,(H,60,61). The van der Waals surface area contributed by atoms with Gasteiger partial charge in [-0.1, -0.05) is 60.7 Å². The molecule has 4 aromatic carbocycles. The normalized spacial score (nSPS) is 18.6. The van der Waals surface area contributed by atoms with E-state index >= 15 is 0 Å². The van der Waals surface area contributed by atoms with Crippen molar-refractivity contribution in [3.8, 4) is 0 Å². The molecule has 5 aromatic rings. The maximum Gasteiger partial charge on any atom is 0.335 e. The number of aliphatic imine (C=N–C) groups is 1. The quantitative estimate of drug-likeness (QED) is 0.0955. The molecule has 3 N–H and O–H groups in total. The molecule has 0 amide bonds. The van der Waals surface area contributed by atoms with Crippen LogP contribution in [0.2, 0.25) is 0 Å². The number of hydrogen-bond donors (Lipinski definition) is 3. The van der Waals surface area contributed by atoms with Gasteiger partial charge in [0.1, 0.15) is 16.7 Å². The van der Waals surface area contributed by atoms with Crippen LogP contribution in [0.25, 0.3) is 11.1 Å². The molecule has 10 rings (SSSR count). The SMILES string of the molecule is CC(=N)N1C(=N)CN=C(c2ccc(N3CC(CC4CN(CC5CN(c6ccc(C7=C(c8ccccc8)CCCc8cc(C(=O)O)ccc87)cc6)C5)C4)C3)cc2)c2c1sc(C)c2C. The van der Waals surface area contributed by atoms with Gasteiger partial charge in [-0.3, -0.25) is 20.7 Å². The molecule has 0 radical (unpaired) electrons. The minimum atomic E-state index is -0.875. The highest BCUT2D eigenvalue weighted by molar-refractivity contribution is 7.17. The Morgan fingerprint density at radius 2 is 1.44 bits per heavy atom. The lowest BCUT2D eigenvalue weighted by Gasteiger charge is -2.49. The van der Waals surface area contributed by atoms with Crippen molar-refractivity contribution in [3.63, 3.8) is 0 Å². The van der Waals surface area contributed by atoms with Crippen molar-refractivity contribution in [3.05, 3.63) is 146 Å². The molecule has 0 unspecified atom stereocenters. The third kappa shape index (κ3) is 7.57. The molecule has 0 spiro atoms. The maximum absolute atomic E-state index is 11.8. The number of amidine groups is 2. The van der Waals surface area contributed by atoms with Crippen LogP contribution < -0.4 is 14.7 Å². The van der Waals surface area contributed by atoms with Crippen molar-refractivity contribution in [2.75, 3.05) is 67.1 Å². The average Bonchev–Trinajstić information content (AvgIpc) is 3.34. The van der Waals surface area contributed by atoms with Gasteiger partial charge in [0.25, 0.3) is 0 Å². The minimum Gasteiger partial charge on any atom is -0.478 e. The molecule has 316 valence electrons. The number of likely N-dealkylation sites (tertiary alicyclic amines) is 1. The number of fused-ring (bicyclic) bond motifs is 2. The van der Waals surface area contributed by atoms with E-state index in [-0.39, 0.29) is 6.54 Å². The first kappa shape index (κ1) is 40.2. The number of aromatic carboxylic acids is 1. The molecule has 1 aromatic heterocycles.